The first-order valence-electron chi connectivity index (χ1n) is 5.34. The van der Waals surface area contributed by atoms with E-state index in [0.29, 0.717) is 5.56 Å². The highest BCUT2D eigenvalue weighted by Crippen LogP contribution is 2.24. The van der Waals surface area contributed by atoms with Crippen LogP contribution < -0.4 is 0 Å². The molecule has 0 aromatic heterocycles. The Balaban J connectivity index is 0.000000399. The van der Waals surface area contributed by atoms with Crippen molar-refractivity contribution in [2.45, 2.75) is 0 Å². The fourth-order valence-corrected chi connectivity index (χ4v) is 1.46. The zero-order chi connectivity index (χ0) is 14.3. The van der Waals surface area contributed by atoms with Crippen LogP contribution in [0.4, 0.5) is 0 Å². The number of rotatable bonds is 2. The molecule has 0 N–H and O–H groups in total. The lowest BCUT2D eigenvalue weighted by atomic mass is 10.0. The van der Waals surface area contributed by atoms with Crippen LogP contribution in [0.2, 0.25) is 0 Å². The van der Waals surface area contributed by atoms with E-state index >= 15 is 0 Å². The van der Waals surface area contributed by atoms with Crippen molar-refractivity contribution in [2.75, 3.05) is 0 Å². The average Bonchev–Trinajstić information content (AvgIpc) is 2.77. The number of hydrogen-bond acceptors (Lipinski definition) is 4. The van der Waals surface area contributed by atoms with E-state index in [1.54, 1.807) is 24.3 Å². The molecule has 19 heavy (non-hydrogen) atoms. The lowest BCUT2D eigenvalue weighted by Gasteiger charge is -2.03. The molecule has 1 aliphatic heterocycles. The average molecular weight is 253 g/mol. The molecule has 0 spiro atoms. The van der Waals surface area contributed by atoms with Gasteiger partial charge in [-0.25, -0.2) is 9.59 Å². The molecule has 4 nitrogen and oxygen atoms in total. The molecule has 4 heteroatoms. The van der Waals surface area contributed by atoms with Gasteiger partial charge in [0.2, 0.25) is 0 Å². The summed E-state index contributed by atoms with van der Waals surface area (Å²) in [5.41, 5.74) is 1.76. The minimum Gasteiger partial charge on any atom is -0.386 e. The molecule has 0 saturated heterocycles. The maximum absolute atomic E-state index is 11.3. The Morgan fingerprint density at radius 2 is 1.84 bits per heavy atom. The van der Waals surface area contributed by atoms with Crippen molar-refractivity contribution in [1.82, 2.24) is 0 Å². The molecular weight excluding hydrogens is 242 g/mol. The van der Waals surface area contributed by atoms with Crippen LogP contribution in [0.15, 0.2) is 49.6 Å². The number of cyclic esters (lactones) is 2. The summed E-state index contributed by atoms with van der Waals surface area (Å²) in [7, 11) is 0. The van der Waals surface area contributed by atoms with Crippen LogP contribution in [-0.2, 0) is 14.3 Å². The van der Waals surface area contributed by atoms with Crippen LogP contribution in [0.3, 0.4) is 0 Å². The van der Waals surface area contributed by atoms with Crippen molar-refractivity contribution in [2.24, 2.45) is 0 Å². The van der Waals surface area contributed by atoms with E-state index in [1.807, 2.05) is 12.1 Å². The summed E-state index contributed by atoms with van der Waals surface area (Å²) in [6, 6.07) is 8.89. The molecule has 1 aromatic carbocycles. The molecule has 0 saturated carbocycles. The second-order valence-corrected chi connectivity index (χ2v) is 3.39. The van der Waals surface area contributed by atoms with E-state index in [-0.39, 0.29) is 5.57 Å². The van der Waals surface area contributed by atoms with E-state index in [1.165, 1.54) is 12.2 Å². The second-order valence-electron chi connectivity index (χ2n) is 3.39. The van der Waals surface area contributed by atoms with E-state index in [0.717, 1.165) is 5.56 Å². The Morgan fingerprint density at radius 1 is 1.21 bits per heavy atom. The topological polar surface area (TPSA) is 67.2 Å². The van der Waals surface area contributed by atoms with Crippen molar-refractivity contribution in [3.63, 3.8) is 0 Å². The largest absolute Gasteiger partial charge is 0.386 e. The minimum atomic E-state index is -0.617. The van der Waals surface area contributed by atoms with Gasteiger partial charge in [0.15, 0.2) is 0 Å². The molecule has 0 unspecified atom stereocenters. The van der Waals surface area contributed by atoms with Crippen LogP contribution >= 0.6 is 0 Å². The van der Waals surface area contributed by atoms with E-state index in [2.05, 4.69) is 17.9 Å². The molecule has 0 fully saturated rings. The Kier molecular flexibility index (Phi) is 5.00. The summed E-state index contributed by atoms with van der Waals surface area (Å²) in [4.78, 5) is 22.2. The zero-order valence-electron chi connectivity index (χ0n) is 10.1. The van der Waals surface area contributed by atoms with Gasteiger partial charge in [0.05, 0.1) is 11.6 Å². The van der Waals surface area contributed by atoms with Gasteiger partial charge in [0.1, 0.15) is 0 Å². The van der Waals surface area contributed by atoms with Crippen molar-refractivity contribution in [3.8, 4) is 6.07 Å². The van der Waals surface area contributed by atoms with Crippen LogP contribution in [0.5, 0.6) is 0 Å². The molecule has 1 heterocycles. The third-order valence-electron chi connectivity index (χ3n) is 2.24. The van der Waals surface area contributed by atoms with Crippen molar-refractivity contribution >= 4 is 23.6 Å². The SMILES string of the molecule is C=CC#N.C=Cc1ccccc1C1=CC(=O)OC1=O. The van der Waals surface area contributed by atoms with Gasteiger partial charge < -0.3 is 4.74 Å². The van der Waals surface area contributed by atoms with Gasteiger partial charge in [-0.2, -0.15) is 5.26 Å². The number of esters is 2. The third kappa shape index (κ3) is 3.51. The maximum Gasteiger partial charge on any atom is 0.346 e. The molecule has 0 amide bonds. The molecule has 1 aromatic rings. The molecule has 1 aliphatic rings. The Morgan fingerprint density at radius 3 is 2.32 bits per heavy atom. The van der Waals surface area contributed by atoms with Crippen molar-refractivity contribution < 1.29 is 14.3 Å². The van der Waals surface area contributed by atoms with Gasteiger partial charge in [-0.05, 0) is 11.1 Å². The highest BCUT2D eigenvalue weighted by molar-refractivity contribution is 6.28. The fourth-order valence-electron chi connectivity index (χ4n) is 1.46. The van der Waals surface area contributed by atoms with Crippen LogP contribution in [0, 0.1) is 11.3 Å². The molecule has 0 bridgehead atoms. The van der Waals surface area contributed by atoms with Crippen LogP contribution in [0.1, 0.15) is 11.1 Å². The van der Waals surface area contributed by atoms with Gasteiger partial charge in [0.25, 0.3) is 0 Å². The predicted octanol–water partition coefficient (Wildman–Crippen LogP) is 2.49. The number of hydrogen-bond donors (Lipinski definition) is 0. The summed E-state index contributed by atoms with van der Waals surface area (Å²) in [5, 5.41) is 7.51. The van der Waals surface area contributed by atoms with E-state index in [9.17, 15) is 9.59 Å². The summed E-state index contributed by atoms with van der Waals surface area (Å²) < 4.78 is 4.42. The number of nitrogens with zero attached hydrogens (tertiary/aromatic N) is 1. The van der Waals surface area contributed by atoms with Crippen LogP contribution in [0.25, 0.3) is 11.6 Å². The number of benzene rings is 1. The quantitative estimate of drug-likeness (QED) is 0.461. The third-order valence-corrected chi connectivity index (χ3v) is 2.24. The predicted molar refractivity (Wildman–Crippen MR) is 71.4 cm³/mol. The van der Waals surface area contributed by atoms with E-state index < -0.39 is 11.9 Å². The molecule has 2 rings (SSSR count). The van der Waals surface area contributed by atoms with Crippen LogP contribution in [-0.4, -0.2) is 11.9 Å². The number of carbonyl (C=O) groups excluding carboxylic acids is 2. The summed E-state index contributed by atoms with van der Waals surface area (Å²) in [6.07, 6.45) is 4.01. The van der Waals surface area contributed by atoms with Gasteiger partial charge in [-0.3, -0.25) is 0 Å². The maximum atomic E-state index is 11.3. The first-order chi connectivity index (χ1) is 9.13. The summed E-state index contributed by atoms with van der Waals surface area (Å²) >= 11 is 0. The molecular formula is C15H11NO3. The zero-order valence-corrected chi connectivity index (χ0v) is 10.1. The molecule has 0 aliphatic carbocycles. The van der Waals surface area contributed by atoms with Gasteiger partial charge in [-0.15, -0.1) is 0 Å². The summed E-state index contributed by atoms with van der Waals surface area (Å²) in [6.45, 7) is 6.76. The minimum absolute atomic E-state index is 0.288. The standard InChI is InChI=1S/C12H8O3.C3H3N/c1-2-8-5-3-4-6-9(8)10-7-11(13)15-12(10)14;1-2-3-4/h2-7H,1H2;2H,1H2. The van der Waals surface area contributed by atoms with Gasteiger partial charge >= 0.3 is 11.9 Å². The van der Waals surface area contributed by atoms with E-state index in [4.69, 9.17) is 5.26 Å². The van der Waals surface area contributed by atoms with Crippen molar-refractivity contribution in [3.05, 3.63) is 60.7 Å². The molecule has 0 atom stereocenters. The normalized spacial score (nSPS) is 12.5. The Bertz CT molecular complexity index is 606. The number of allylic oxidation sites excluding steroid dienone is 1. The molecule has 94 valence electrons. The number of ether oxygens (including phenoxy) is 1. The number of nitriles is 1. The van der Waals surface area contributed by atoms with Gasteiger partial charge in [0, 0.05) is 12.2 Å². The monoisotopic (exact) mass is 253 g/mol. The Labute approximate surface area is 110 Å². The lowest BCUT2D eigenvalue weighted by molar-refractivity contribution is -0.149. The fraction of sp³-hybridized carbons (Fsp3) is 0. The first-order valence-corrected chi connectivity index (χ1v) is 5.34. The second kappa shape index (κ2) is 6.72. The summed E-state index contributed by atoms with van der Waals surface area (Å²) in [5.74, 6) is -1.22. The smallest absolute Gasteiger partial charge is 0.346 e. The first kappa shape index (κ1) is 14.1. The van der Waals surface area contributed by atoms with Gasteiger partial charge in [-0.1, -0.05) is 43.5 Å². The molecule has 0 radical (unpaired) electrons. The number of carbonyl (C=O) groups is 2. The highest BCUT2D eigenvalue weighted by Gasteiger charge is 2.25. The van der Waals surface area contributed by atoms with Crippen molar-refractivity contribution in [1.29, 1.82) is 5.26 Å². The lowest BCUT2D eigenvalue weighted by Crippen LogP contribution is -2.02. The highest BCUT2D eigenvalue weighted by atomic mass is 16.6. The Hall–Kier alpha value is -2.93.